The Balaban J connectivity index is 4.24. The van der Waals surface area contributed by atoms with E-state index in [4.69, 9.17) is 16.0 Å². The standard InChI is InChI=1S/C5H12N2O4S/c1-3(6)5(8)4(7)2-12(9,10)11/h3-4H,2,6-7H2,1H3,(H,9,10,11)/t3-,4?/m0/s1. The van der Waals surface area contributed by atoms with Crippen LogP contribution in [0.2, 0.25) is 0 Å². The van der Waals surface area contributed by atoms with Crippen LogP contribution in [0.1, 0.15) is 6.92 Å². The van der Waals surface area contributed by atoms with E-state index in [1.807, 2.05) is 0 Å². The number of carbonyl (C=O) groups is 1. The summed E-state index contributed by atoms with van der Waals surface area (Å²) < 4.78 is 28.8. The van der Waals surface area contributed by atoms with Gasteiger partial charge in [0.1, 0.15) is 0 Å². The van der Waals surface area contributed by atoms with E-state index in [2.05, 4.69) is 0 Å². The first kappa shape index (κ1) is 11.5. The molecule has 0 aliphatic heterocycles. The molecule has 0 aliphatic rings. The monoisotopic (exact) mass is 196 g/mol. The maximum atomic E-state index is 10.9. The summed E-state index contributed by atoms with van der Waals surface area (Å²) >= 11 is 0. The van der Waals surface area contributed by atoms with Gasteiger partial charge in [0.15, 0.2) is 5.78 Å². The minimum Gasteiger partial charge on any atom is -0.322 e. The van der Waals surface area contributed by atoms with E-state index < -0.39 is 33.7 Å². The SMILES string of the molecule is C[C@H](N)C(=O)C(N)CS(=O)(=O)O. The Morgan fingerprint density at radius 3 is 2.17 bits per heavy atom. The van der Waals surface area contributed by atoms with Crippen molar-refractivity contribution in [3.63, 3.8) is 0 Å². The van der Waals surface area contributed by atoms with E-state index in [0.29, 0.717) is 0 Å². The number of hydrogen-bond acceptors (Lipinski definition) is 5. The van der Waals surface area contributed by atoms with Crippen molar-refractivity contribution in [2.75, 3.05) is 5.75 Å². The largest absolute Gasteiger partial charge is 0.322 e. The van der Waals surface area contributed by atoms with Gasteiger partial charge in [0.25, 0.3) is 10.1 Å². The number of ketones is 1. The van der Waals surface area contributed by atoms with Gasteiger partial charge in [0.05, 0.1) is 17.8 Å². The van der Waals surface area contributed by atoms with Crippen LogP contribution >= 0.6 is 0 Å². The first-order chi connectivity index (χ1) is 5.24. The van der Waals surface area contributed by atoms with Crippen LogP contribution < -0.4 is 11.5 Å². The average molecular weight is 196 g/mol. The van der Waals surface area contributed by atoms with Gasteiger partial charge < -0.3 is 11.5 Å². The molecule has 0 spiro atoms. The number of Topliss-reactive ketones (excluding diaryl/α,β-unsaturated/α-hetero) is 1. The van der Waals surface area contributed by atoms with Gasteiger partial charge in [0.2, 0.25) is 0 Å². The molecule has 0 bridgehead atoms. The highest BCUT2D eigenvalue weighted by atomic mass is 32.2. The summed E-state index contributed by atoms with van der Waals surface area (Å²) in [5, 5.41) is 0. The van der Waals surface area contributed by atoms with Crippen LogP contribution in [0.25, 0.3) is 0 Å². The molecule has 0 radical (unpaired) electrons. The maximum Gasteiger partial charge on any atom is 0.266 e. The molecule has 0 fully saturated rings. The first-order valence-corrected chi connectivity index (χ1v) is 4.85. The van der Waals surface area contributed by atoms with Crippen molar-refractivity contribution in [1.82, 2.24) is 0 Å². The fourth-order valence-corrected chi connectivity index (χ4v) is 1.26. The van der Waals surface area contributed by atoms with Crippen molar-refractivity contribution in [1.29, 1.82) is 0 Å². The summed E-state index contributed by atoms with van der Waals surface area (Å²) in [5.74, 6) is -1.37. The van der Waals surface area contributed by atoms with Crippen molar-refractivity contribution in [2.45, 2.75) is 19.0 Å². The van der Waals surface area contributed by atoms with Gasteiger partial charge in [-0.05, 0) is 6.92 Å². The molecule has 0 aromatic carbocycles. The normalized spacial score (nSPS) is 17.0. The van der Waals surface area contributed by atoms with Crippen molar-refractivity contribution in [3.05, 3.63) is 0 Å². The van der Waals surface area contributed by atoms with Crippen LogP contribution in [0.15, 0.2) is 0 Å². The van der Waals surface area contributed by atoms with Crippen LogP contribution in [-0.4, -0.2) is 36.6 Å². The average Bonchev–Trinajstić information content (AvgIpc) is 1.82. The summed E-state index contributed by atoms with van der Waals surface area (Å²) in [7, 11) is -4.20. The summed E-state index contributed by atoms with van der Waals surface area (Å²) in [6.07, 6.45) is 0. The summed E-state index contributed by atoms with van der Waals surface area (Å²) in [6.45, 7) is 1.40. The van der Waals surface area contributed by atoms with Gasteiger partial charge in [-0.15, -0.1) is 0 Å². The Labute approximate surface area is 70.7 Å². The Morgan fingerprint density at radius 2 is 1.92 bits per heavy atom. The smallest absolute Gasteiger partial charge is 0.266 e. The van der Waals surface area contributed by atoms with Gasteiger partial charge in [-0.3, -0.25) is 9.35 Å². The second kappa shape index (κ2) is 3.94. The fraction of sp³-hybridized carbons (Fsp3) is 0.800. The first-order valence-electron chi connectivity index (χ1n) is 3.24. The van der Waals surface area contributed by atoms with Gasteiger partial charge in [-0.1, -0.05) is 0 Å². The van der Waals surface area contributed by atoms with Crippen LogP contribution in [0.3, 0.4) is 0 Å². The lowest BCUT2D eigenvalue weighted by molar-refractivity contribution is -0.120. The number of nitrogens with two attached hydrogens (primary N) is 2. The molecule has 6 nitrogen and oxygen atoms in total. The Morgan fingerprint density at radius 1 is 1.50 bits per heavy atom. The van der Waals surface area contributed by atoms with E-state index >= 15 is 0 Å². The highest BCUT2D eigenvalue weighted by molar-refractivity contribution is 7.85. The second-order valence-corrected chi connectivity index (χ2v) is 4.04. The molecule has 7 heteroatoms. The summed E-state index contributed by atoms with van der Waals surface area (Å²) in [4.78, 5) is 10.9. The van der Waals surface area contributed by atoms with Crippen molar-refractivity contribution in [2.24, 2.45) is 11.5 Å². The Bertz CT molecular complexity index is 259. The lowest BCUT2D eigenvalue weighted by atomic mass is 10.1. The zero-order valence-corrected chi connectivity index (χ0v) is 7.41. The minimum atomic E-state index is -4.20. The molecule has 1 unspecified atom stereocenters. The molecular formula is C5H12N2O4S. The molecule has 2 atom stereocenters. The van der Waals surface area contributed by atoms with Crippen molar-refractivity contribution in [3.8, 4) is 0 Å². The number of rotatable bonds is 4. The third-order valence-corrected chi connectivity index (χ3v) is 1.98. The Hall–Kier alpha value is -0.500. The lowest BCUT2D eigenvalue weighted by Gasteiger charge is -2.10. The number of hydrogen-bond donors (Lipinski definition) is 3. The molecule has 0 saturated heterocycles. The van der Waals surface area contributed by atoms with Crippen molar-refractivity contribution < 1.29 is 17.8 Å². The second-order valence-electron chi connectivity index (χ2n) is 2.55. The highest BCUT2D eigenvalue weighted by Crippen LogP contribution is 1.92. The highest BCUT2D eigenvalue weighted by Gasteiger charge is 2.22. The lowest BCUT2D eigenvalue weighted by Crippen LogP contribution is -2.45. The van der Waals surface area contributed by atoms with Crippen LogP contribution in [0.4, 0.5) is 0 Å². The molecule has 72 valence electrons. The van der Waals surface area contributed by atoms with Crippen LogP contribution in [0.5, 0.6) is 0 Å². The quantitative estimate of drug-likeness (QED) is 0.452. The van der Waals surface area contributed by atoms with E-state index in [1.165, 1.54) is 6.92 Å². The molecule has 0 saturated carbocycles. The zero-order valence-electron chi connectivity index (χ0n) is 6.60. The molecular weight excluding hydrogens is 184 g/mol. The van der Waals surface area contributed by atoms with Crippen LogP contribution in [-0.2, 0) is 14.9 Å². The summed E-state index contributed by atoms with van der Waals surface area (Å²) in [6, 6.07) is -2.07. The predicted molar refractivity (Wildman–Crippen MR) is 43.0 cm³/mol. The van der Waals surface area contributed by atoms with E-state index in [9.17, 15) is 13.2 Å². The summed E-state index contributed by atoms with van der Waals surface area (Å²) in [5.41, 5.74) is 10.3. The van der Waals surface area contributed by atoms with E-state index in [0.717, 1.165) is 0 Å². The van der Waals surface area contributed by atoms with Crippen LogP contribution in [0, 0.1) is 0 Å². The zero-order chi connectivity index (χ0) is 9.94. The predicted octanol–water partition coefficient (Wildman–Crippen LogP) is -1.88. The van der Waals surface area contributed by atoms with Crippen molar-refractivity contribution >= 4 is 15.9 Å². The van der Waals surface area contributed by atoms with E-state index in [-0.39, 0.29) is 0 Å². The Kier molecular flexibility index (Phi) is 3.78. The molecule has 12 heavy (non-hydrogen) atoms. The van der Waals surface area contributed by atoms with Gasteiger partial charge in [0, 0.05) is 0 Å². The molecule has 0 heterocycles. The minimum absolute atomic E-state index is 0.590. The number of carbonyl (C=O) groups excluding carboxylic acids is 1. The molecule has 0 aliphatic carbocycles. The van der Waals surface area contributed by atoms with Gasteiger partial charge in [-0.2, -0.15) is 8.42 Å². The maximum absolute atomic E-state index is 10.9. The molecule has 0 rings (SSSR count). The van der Waals surface area contributed by atoms with Gasteiger partial charge in [-0.25, -0.2) is 0 Å². The molecule has 0 aromatic heterocycles. The molecule has 0 aromatic rings. The van der Waals surface area contributed by atoms with Gasteiger partial charge >= 0.3 is 0 Å². The fourth-order valence-electron chi connectivity index (χ4n) is 0.647. The molecule has 5 N–H and O–H groups in total. The molecule has 0 amide bonds. The topological polar surface area (TPSA) is 123 Å². The van der Waals surface area contributed by atoms with E-state index in [1.54, 1.807) is 0 Å². The third-order valence-electron chi connectivity index (χ3n) is 1.20. The third kappa shape index (κ3) is 4.39.